The van der Waals surface area contributed by atoms with Crippen molar-refractivity contribution in [2.45, 2.75) is 6.54 Å². The van der Waals surface area contributed by atoms with Gasteiger partial charge in [-0.25, -0.2) is 19.0 Å². The lowest BCUT2D eigenvalue weighted by Crippen LogP contribution is -2.20. The van der Waals surface area contributed by atoms with E-state index in [1.807, 2.05) is 24.3 Å². The van der Waals surface area contributed by atoms with Crippen LogP contribution in [0.3, 0.4) is 0 Å². The van der Waals surface area contributed by atoms with Gasteiger partial charge in [0.15, 0.2) is 11.6 Å². The van der Waals surface area contributed by atoms with E-state index in [0.29, 0.717) is 11.3 Å². The zero-order valence-corrected chi connectivity index (χ0v) is 14.4. The average Bonchev–Trinajstić information content (AvgIpc) is 2.69. The summed E-state index contributed by atoms with van der Waals surface area (Å²) in [6.45, 7) is 0.225. The van der Waals surface area contributed by atoms with Gasteiger partial charge in [-0.05, 0) is 24.3 Å². The Morgan fingerprint density at radius 2 is 2.00 bits per heavy atom. The van der Waals surface area contributed by atoms with Gasteiger partial charge >= 0.3 is 0 Å². The van der Waals surface area contributed by atoms with Crippen LogP contribution in [0.2, 0.25) is 0 Å². The molecule has 4 aromatic rings. The maximum atomic E-state index is 14.9. The zero-order chi connectivity index (χ0) is 18.8. The second-order valence-corrected chi connectivity index (χ2v) is 5.94. The fourth-order valence-corrected chi connectivity index (χ4v) is 2.74. The maximum absolute atomic E-state index is 14.9. The topological polar surface area (TPSA) is 85.6 Å². The SMILES string of the molecule is Cn1nc(CNc2ncnc(-c3ccc4ncccc4c3)c2F)ccc1=O. The Hall–Kier alpha value is -3.68. The first-order valence-electron chi connectivity index (χ1n) is 8.24. The van der Waals surface area contributed by atoms with Crippen molar-refractivity contribution in [2.24, 2.45) is 7.05 Å². The third-order valence-corrected chi connectivity index (χ3v) is 4.12. The molecule has 0 radical (unpaired) electrons. The van der Waals surface area contributed by atoms with E-state index in [1.54, 1.807) is 25.4 Å². The van der Waals surface area contributed by atoms with Gasteiger partial charge in [0.2, 0.25) is 0 Å². The lowest BCUT2D eigenvalue weighted by Gasteiger charge is -2.10. The van der Waals surface area contributed by atoms with E-state index < -0.39 is 5.82 Å². The molecule has 7 nitrogen and oxygen atoms in total. The van der Waals surface area contributed by atoms with Crippen LogP contribution >= 0.6 is 0 Å². The second-order valence-electron chi connectivity index (χ2n) is 5.94. The molecular weight excluding hydrogens is 347 g/mol. The van der Waals surface area contributed by atoms with E-state index in [1.165, 1.54) is 17.1 Å². The van der Waals surface area contributed by atoms with E-state index >= 15 is 0 Å². The molecule has 134 valence electrons. The molecule has 0 fully saturated rings. The number of anilines is 1. The molecule has 0 unspecified atom stereocenters. The maximum Gasteiger partial charge on any atom is 0.266 e. The molecule has 27 heavy (non-hydrogen) atoms. The van der Waals surface area contributed by atoms with E-state index in [2.05, 4.69) is 25.4 Å². The normalized spacial score (nSPS) is 10.9. The lowest BCUT2D eigenvalue weighted by molar-refractivity contribution is 0.619. The predicted octanol–water partition coefficient (Wildman–Crippen LogP) is 2.54. The van der Waals surface area contributed by atoms with Gasteiger partial charge in [-0.3, -0.25) is 9.78 Å². The van der Waals surface area contributed by atoms with Crippen LogP contribution in [-0.4, -0.2) is 24.7 Å². The van der Waals surface area contributed by atoms with Crippen LogP contribution in [-0.2, 0) is 13.6 Å². The first-order chi connectivity index (χ1) is 13.1. The zero-order valence-electron chi connectivity index (χ0n) is 14.4. The van der Waals surface area contributed by atoms with E-state index in [9.17, 15) is 9.18 Å². The van der Waals surface area contributed by atoms with Gasteiger partial charge in [0, 0.05) is 30.3 Å². The summed E-state index contributed by atoms with van der Waals surface area (Å²) in [5, 5.41) is 7.91. The largest absolute Gasteiger partial charge is 0.362 e. The van der Waals surface area contributed by atoms with Crippen molar-refractivity contribution in [1.82, 2.24) is 24.7 Å². The van der Waals surface area contributed by atoms with Crippen LogP contribution in [0.5, 0.6) is 0 Å². The number of hydrogen-bond donors (Lipinski definition) is 1. The van der Waals surface area contributed by atoms with Crippen molar-refractivity contribution in [3.63, 3.8) is 0 Å². The second kappa shape index (κ2) is 6.91. The van der Waals surface area contributed by atoms with Crippen LogP contribution < -0.4 is 10.9 Å². The molecule has 0 atom stereocenters. The molecule has 0 bridgehead atoms. The molecule has 3 aromatic heterocycles. The average molecular weight is 362 g/mol. The van der Waals surface area contributed by atoms with Crippen molar-refractivity contribution in [3.05, 3.63) is 76.9 Å². The summed E-state index contributed by atoms with van der Waals surface area (Å²) in [6, 6.07) is 12.2. The minimum atomic E-state index is -0.550. The molecule has 1 N–H and O–H groups in total. The van der Waals surface area contributed by atoms with Crippen molar-refractivity contribution < 1.29 is 4.39 Å². The van der Waals surface area contributed by atoms with Gasteiger partial charge in [-0.15, -0.1) is 0 Å². The van der Waals surface area contributed by atoms with E-state index in [-0.39, 0.29) is 23.6 Å². The first-order valence-corrected chi connectivity index (χ1v) is 8.24. The van der Waals surface area contributed by atoms with Crippen molar-refractivity contribution in [2.75, 3.05) is 5.32 Å². The number of aryl methyl sites for hydroxylation is 1. The Kier molecular flexibility index (Phi) is 4.29. The Balaban J connectivity index is 1.63. The molecule has 0 spiro atoms. The standard InChI is InChI=1S/C19H15FN6O/c1-26-16(27)7-5-14(25-26)10-22-19-17(20)18(23-11-24-19)13-4-6-15-12(9-13)3-2-8-21-15/h2-9,11H,10H2,1H3,(H,22,23,24). The summed E-state index contributed by atoms with van der Waals surface area (Å²) >= 11 is 0. The summed E-state index contributed by atoms with van der Waals surface area (Å²) in [6.07, 6.45) is 3.02. The number of hydrogen-bond acceptors (Lipinski definition) is 6. The number of fused-ring (bicyclic) bond motifs is 1. The smallest absolute Gasteiger partial charge is 0.266 e. The monoisotopic (exact) mass is 362 g/mol. The summed E-state index contributed by atoms with van der Waals surface area (Å²) in [5.41, 5.74) is 2.05. The fourth-order valence-electron chi connectivity index (χ4n) is 2.74. The minimum absolute atomic E-state index is 0.0712. The number of nitrogens with zero attached hydrogens (tertiary/aromatic N) is 5. The van der Waals surface area contributed by atoms with Gasteiger partial charge in [-0.1, -0.05) is 12.1 Å². The third-order valence-electron chi connectivity index (χ3n) is 4.12. The highest BCUT2D eigenvalue weighted by molar-refractivity contribution is 5.84. The van der Waals surface area contributed by atoms with Crippen molar-refractivity contribution >= 4 is 16.7 Å². The molecule has 0 saturated carbocycles. The van der Waals surface area contributed by atoms with Gasteiger partial charge < -0.3 is 5.32 Å². The molecule has 0 aliphatic heterocycles. The van der Waals surface area contributed by atoms with Crippen LogP contribution in [0.4, 0.5) is 10.2 Å². The van der Waals surface area contributed by atoms with Crippen LogP contribution in [0.1, 0.15) is 5.69 Å². The van der Waals surface area contributed by atoms with Gasteiger partial charge in [0.05, 0.1) is 17.8 Å². The van der Waals surface area contributed by atoms with E-state index in [4.69, 9.17) is 0 Å². The van der Waals surface area contributed by atoms with Crippen LogP contribution in [0.15, 0.2) is 59.8 Å². The van der Waals surface area contributed by atoms with Gasteiger partial charge in [-0.2, -0.15) is 5.10 Å². The highest BCUT2D eigenvalue weighted by Gasteiger charge is 2.13. The fraction of sp³-hybridized carbons (Fsp3) is 0.105. The molecule has 0 saturated heterocycles. The summed E-state index contributed by atoms with van der Waals surface area (Å²) < 4.78 is 16.1. The molecule has 0 amide bonds. The number of aromatic nitrogens is 5. The third kappa shape index (κ3) is 3.37. The summed E-state index contributed by atoms with van der Waals surface area (Å²) in [7, 11) is 1.56. The minimum Gasteiger partial charge on any atom is -0.362 e. The van der Waals surface area contributed by atoms with Gasteiger partial charge in [0.1, 0.15) is 12.0 Å². The van der Waals surface area contributed by atoms with Crippen molar-refractivity contribution in [3.8, 4) is 11.3 Å². The molecule has 0 aliphatic rings. The summed E-state index contributed by atoms with van der Waals surface area (Å²) in [5.74, 6) is -0.479. The predicted molar refractivity (Wildman–Crippen MR) is 99.5 cm³/mol. The Labute approximate surface area is 153 Å². The molecule has 4 rings (SSSR count). The number of pyridine rings is 1. The molecule has 0 aliphatic carbocycles. The van der Waals surface area contributed by atoms with Gasteiger partial charge in [0.25, 0.3) is 5.56 Å². The van der Waals surface area contributed by atoms with Crippen molar-refractivity contribution in [1.29, 1.82) is 0 Å². The molecule has 3 heterocycles. The highest BCUT2D eigenvalue weighted by Crippen LogP contribution is 2.26. The molecular formula is C19H15FN6O. The Morgan fingerprint density at radius 3 is 2.85 bits per heavy atom. The van der Waals surface area contributed by atoms with E-state index in [0.717, 1.165) is 10.9 Å². The number of rotatable bonds is 4. The van der Waals surface area contributed by atoms with Crippen LogP contribution in [0.25, 0.3) is 22.2 Å². The molecule has 8 heteroatoms. The lowest BCUT2D eigenvalue weighted by atomic mass is 10.1. The number of nitrogens with one attached hydrogen (secondary N) is 1. The Morgan fingerprint density at radius 1 is 1.11 bits per heavy atom. The van der Waals surface area contributed by atoms with Crippen LogP contribution in [0, 0.1) is 5.82 Å². The Bertz CT molecular complexity index is 1190. The number of halogens is 1. The highest BCUT2D eigenvalue weighted by atomic mass is 19.1. The summed E-state index contributed by atoms with van der Waals surface area (Å²) in [4.78, 5) is 23.7. The number of benzene rings is 1. The molecule has 1 aromatic carbocycles. The first kappa shape index (κ1) is 16.8. The quantitative estimate of drug-likeness (QED) is 0.600.